The van der Waals surface area contributed by atoms with Gasteiger partial charge in [0.1, 0.15) is 11.4 Å². The summed E-state index contributed by atoms with van der Waals surface area (Å²) < 4.78 is 5.46. The molecule has 0 saturated heterocycles. The number of fused-ring (bicyclic) bond motifs is 1. The molecule has 0 bridgehead atoms. The van der Waals surface area contributed by atoms with Crippen LogP contribution in [0.2, 0.25) is 0 Å². The number of methoxy groups -OCH3 is 1. The quantitative estimate of drug-likeness (QED) is 0.873. The molecule has 0 spiro atoms. The Balaban J connectivity index is 2.50. The smallest absolute Gasteiger partial charge is 0.162 e. The van der Waals surface area contributed by atoms with Crippen LogP contribution in [-0.4, -0.2) is 24.1 Å². The Morgan fingerprint density at radius 3 is 2.53 bits per heavy atom. The van der Waals surface area contributed by atoms with Crippen LogP contribution in [0.3, 0.4) is 0 Å². The van der Waals surface area contributed by atoms with Gasteiger partial charge in [-0.15, -0.1) is 0 Å². The fourth-order valence-electron chi connectivity index (χ4n) is 2.16. The number of nitrogens with zero attached hydrogens (tertiary/aromatic N) is 2. The molecule has 1 N–H and O–H groups in total. The third-order valence-electron chi connectivity index (χ3n) is 3.47. The Morgan fingerprint density at radius 1 is 1.18 bits per heavy atom. The first-order valence-corrected chi connectivity index (χ1v) is 6.21. The predicted molar refractivity (Wildman–Crippen MR) is 68.3 cm³/mol. The van der Waals surface area contributed by atoms with E-state index in [1.807, 2.05) is 20.9 Å². The first-order valence-electron chi connectivity index (χ1n) is 6.21. The van der Waals surface area contributed by atoms with Gasteiger partial charge >= 0.3 is 0 Å². The highest BCUT2D eigenvalue weighted by atomic mass is 16.5. The maximum atomic E-state index is 5.46. The average molecular weight is 235 g/mol. The van der Waals surface area contributed by atoms with Gasteiger partial charge in [-0.05, 0) is 39.5 Å². The molecule has 0 unspecified atom stereocenters. The van der Waals surface area contributed by atoms with Crippen molar-refractivity contribution >= 4 is 5.82 Å². The molecule has 4 heteroatoms. The molecule has 1 heterocycles. The van der Waals surface area contributed by atoms with E-state index in [-0.39, 0.29) is 0 Å². The van der Waals surface area contributed by atoms with Crippen LogP contribution in [0.25, 0.3) is 0 Å². The maximum Gasteiger partial charge on any atom is 0.162 e. The van der Waals surface area contributed by atoms with Crippen LogP contribution in [0.5, 0.6) is 0 Å². The van der Waals surface area contributed by atoms with Crippen LogP contribution in [0.4, 0.5) is 5.82 Å². The molecule has 94 valence electrons. The molecular weight excluding hydrogens is 214 g/mol. The van der Waals surface area contributed by atoms with Crippen molar-refractivity contribution in [3.63, 3.8) is 0 Å². The van der Waals surface area contributed by atoms with Gasteiger partial charge in [0, 0.05) is 25.4 Å². The molecule has 1 aliphatic rings. The number of hydrogen-bond donors (Lipinski definition) is 1. The zero-order valence-electron chi connectivity index (χ0n) is 11.1. The highest BCUT2D eigenvalue weighted by Crippen LogP contribution is 2.29. The summed E-state index contributed by atoms with van der Waals surface area (Å²) >= 11 is 0. The molecule has 4 nitrogen and oxygen atoms in total. The highest BCUT2D eigenvalue weighted by Gasteiger charge is 2.26. The second-order valence-corrected chi connectivity index (χ2v) is 4.99. The van der Waals surface area contributed by atoms with E-state index in [1.54, 1.807) is 7.11 Å². The van der Waals surface area contributed by atoms with Gasteiger partial charge in [0.2, 0.25) is 0 Å². The molecule has 1 aliphatic carbocycles. The minimum Gasteiger partial charge on any atom is -0.373 e. The lowest BCUT2D eigenvalue weighted by Gasteiger charge is -2.25. The molecule has 0 radical (unpaired) electrons. The second kappa shape index (κ2) is 4.61. The van der Waals surface area contributed by atoms with Gasteiger partial charge in [-0.1, -0.05) is 0 Å². The number of ether oxygens (including phenoxy) is 1. The summed E-state index contributed by atoms with van der Waals surface area (Å²) in [6.07, 6.45) is 4.59. The van der Waals surface area contributed by atoms with E-state index in [4.69, 9.17) is 4.74 Å². The van der Waals surface area contributed by atoms with Crippen molar-refractivity contribution in [3.8, 4) is 0 Å². The van der Waals surface area contributed by atoms with E-state index >= 15 is 0 Å². The van der Waals surface area contributed by atoms with Crippen LogP contribution in [0.15, 0.2) is 0 Å². The highest BCUT2D eigenvalue weighted by molar-refractivity contribution is 5.47. The van der Waals surface area contributed by atoms with E-state index in [9.17, 15) is 0 Å². The lowest BCUT2D eigenvalue weighted by molar-refractivity contribution is 0.0113. The molecule has 0 amide bonds. The maximum absolute atomic E-state index is 5.46. The number of hydrogen-bond acceptors (Lipinski definition) is 4. The summed E-state index contributed by atoms with van der Waals surface area (Å²) in [4.78, 5) is 9.29. The van der Waals surface area contributed by atoms with E-state index < -0.39 is 5.60 Å². The van der Waals surface area contributed by atoms with E-state index in [0.717, 1.165) is 24.5 Å². The molecule has 1 aromatic rings. The third kappa shape index (κ3) is 2.27. The fourth-order valence-corrected chi connectivity index (χ4v) is 2.16. The van der Waals surface area contributed by atoms with E-state index in [1.165, 1.54) is 24.1 Å². The normalized spacial score (nSPS) is 15.5. The van der Waals surface area contributed by atoms with Gasteiger partial charge in [0.05, 0.1) is 0 Å². The molecule has 2 rings (SSSR count). The van der Waals surface area contributed by atoms with Crippen molar-refractivity contribution in [1.29, 1.82) is 0 Å². The van der Waals surface area contributed by atoms with Crippen molar-refractivity contribution in [3.05, 3.63) is 17.1 Å². The van der Waals surface area contributed by atoms with E-state index in [2.05, 4.69) is 15.3 Å². The van der Waals surface area contributed by atoms with Crippen LogP contribution in [-0.2, 0) is 23.2 Å². The lowest BCUT2D eigenvalue weighted by atomic mass is 9.95. The summed E-state index contributed by atoms with van der Waals surface area (Å²) in [6.45, 7) is 3.99. The van der Waals surface area contributed by atoms with Crippen LogP contribution in [0.1, 0.15) is 43.8 Å². The lowest BCUT2D eigenvalue weighted by Crippen LogP contribution is -2.25. The van der Waals surface area contributed by atoms with Gasteiger partial charge in [0.15, 0.2) is 5.82 Å². The van der Waals surface area contributed by atoms with Crippen LogP contribution < -0.4 is 5.32 Å². The third-order valence-corrected chi connectivity index (χ3v) is 3.47. The summed E-state index contributed by atoms with van der Waals surface area (Å²) in [5.74, 6) is 1.74. The molecule has 0 aromatic carbocycles. The van der Waals surface area contributed by atoms with Gasteiger partial charge in [-0.25, -0.2) is 9.97 Å². The first-order chi connectivity index (χ1) is 8.08. The second-order valence-electron chi connectivity index (χ2n) is 4.99. The van der Waals surface area contributed by atoms with Gasteiger partial charge in [-0.2, -0.15) is 0 Å². The Kier molecular flexibility index (Phi) is 3.33. The first kappa shape index (κ1) is 12.3. The number of aromatic nitrogens is 2. The number of rotatable bonds is 3. The average Bonchev–Trinajstić information content (AvgIpc) is 2.37. The minimum absolute atomic E-state index is 0.432. The van der Waals surface area contributed by atoms with Crippen molar-refractivity contribution < 1.29 is 4.74 Å². The molecule has 1 aromatic heterocycles. The van der Waals surface area contributed by atoms with Crippen LogP contribution in [0, 0.1) is 0 Å². The topological polar surface area (TPSA) is 47.0 Å². The molecule has 17 heavy (non-hydrogen) atoms. The van der Waals surface area contributed by atoms with E-state index in [0.29, 0.717) is 0 Å². The SMILES string of the molecule is CNc1nc(C(C)(C)OC)nc2c1CCCC2. The van der Waals surface area contributed by atoms with Crippen molar-refractivity contribution in [2.75, 3.05) is 19.5 Å². The number of nitrogens with one attached hydrogen (secondary N) is 1. The Labute approximate surface area is 103 Å². The molecule has 0 fully saturated rings. The predicted octanol–water partition coefficient (Wildman–Crippen LogP) is 2.28. The van der Waals surface area contributed by atoms with Crippen molar-refractivity contribution in [1.82, 2.24) is 9.97 Å². The van der Waals surface area contributed by atoms with Gasteiger partial charge in [-0.3, -0.25) is 0 Å². The molecule has 0 atom stereocenters. The Morgan fingerprint density at radius 2 is 1.88 bits per heavy atom. The van der Waals surface area contributed by atoms with Crippen LogP contribution >= 0.6 is 0 Å². The van der Waals surface area contributed by atoms with Gasteiger partial charge in [0.25, 0.3) is 0 Å². The van der Waals surface area contributed by atoms with Crippen molar-refractivity contribution in [2.24, 2.45) is 0 Å². The fraction of sp³-hybridized carbons (Fsp3) is 0.692. The van der Waals surface area contributed by atoms with Gasteiger partial charge < -0.3 is 10.1 Å². The summed E-state index contributed by atoms with van der Waals surface area (Å²) in [5, 5.41) is 3.19. The number of anilines is 1. The monoisotopic (exact) mass is 235 g/mol. The molecule has 0 aliphatic heterocycles. The van der Waals surface area contributed by atoms with Crippen molar-refractivity contribution in [2.45, 2.75) is 45.1 Å². The number of aryl methyl sites for hydroxylation is 1. The standard InChI is InChI=1S/C13H21N3O/c1-13(2,17-4)12-15-10-8-6-5-7-9(10)11(14-3)16-12/h5-8H2,1-4H3,(H,14,15,16). The molecular formula is C13H21N3O. The summed E-state index contributed by atoms with van der Waals surface area (Å²) in [6, 6.07) is 0. The Bertz CT molecular complexity index is 398. The Hall–Kier alpha value is -1.16. The summed E-state index contributed by atoms with van der Waals surface area (Å²) in [5.41, 5.74) is 2.04. The molecule has 0 saturated carbocycles. The summed E-state index contributed by atoms with van der Waals surface area (Å²) in [7, 11) is 3.61. The largest absolute Gasteiger partial charge is 0.373 e. The minimum atomic E-state index is -0.432. The zero-order chi connectivity index (χ0) is 12.5. The zero-order valence-corrected chi connectivity index (χ0v) is 11.1.